The summed E-state index contributed by atoms with van der Waals surface area (Å²) in [6, 6.07) is 0.527. The zero-order chi connectivity index (χ0) is 13.8. The molecule has 0 saturated carbocycles. The second-order valence-corrected chi connectivity index (χ2v) is 5.85. The van der Waals surface area contributed by atoms with Crippen LogP contribution in [-0.4, -0.2) is 33.8 Å². The maximum absolute atomic E-state index is 6.38. The Morgan fingerprint density at radius 1 is 1.37 bits per heavy atom. The van der Waals surface area contributed by atoms with Crippen LogP contribution in [-0.2, 0) is 7.05 Å². The lowest BCUT2D eigenvalue weighted by molar-refractivity contribution is 0.113. The first kappa shape index (κ1) is 14.5. The van der Waals surface area contributed by atoms with Gasteiger partial charge >= 0.3 is 0 Å². The molecule has 4 nitrogen and oxygen atoms in total. The van der Waals surface area contributed by atoms with E-state index in [-0.39, 0.29) is 6.04 Å². The van der Waals surface area contributed by atoms with E-state index in [9.17, 15) is 0 Å². The van der Waals surface area contributed by atoms with Crippen molar-refractivity contribution < 1.29 is 0 Å². The van der Waals surface area contributed by atoms with Crippen molar-refractivity contribution >= 4 is 0 Å². The second kappa shape index (κ2) is 6.53. The van der Waals surface area contributed by atoms with Crippen molar-refractivity contribution in [1.29, 1.82) is 0 Å². The monoisotopic (exact) mass is 264 g/mol. The first-order valence-electron chi connectivity index (χ1n) is 7.63. The Balaban J connectivity index is 2.10. The zero-order valence-electron chi connectivity index (χ0n) is 12.5. The van der Waals surface area contributed by atoms with Gasteiger partial charge in [0, 0.05) is 24.8 Å². The lowest BCUT2D eigenvalue weighted by Crippen LogP contribution is -2.44. The Bertz CT molecular complexity index is 379. The largest absolute Gasteiger partial charge is 0.326 e. The summed E-state index contributed by atoms with van der Waals surface area (Å²) in [6.07, 6.45) is 9.03. The molecular formula is C15H28N4. The van der Waals surface area contributed by atoms with Crippen LogP contribution in [0.1, 0.15) is 51.1 Å². The van der Waals surface area contributed by atoms with E-state index in [1.807, 2.05) is 17.9 Å². The fraction of sp³-hybridized carbons (Fsp3) is 0.800. The Labute approximate surface area is 117 Å². The summed E-state index contributed by atoms with van der Waals surface area (Å²) in [4.78, 5) is 2.57. The van der Waals surface area contributed by atoms with Crippen molar-refractivity contribution in [2.75, 3.05) is 13.1 Å². The van der Waals surface area contributed by atoms with Crippen LogP contribution >= 0.6 is 0 Å². The Morgan fingerprint density at radius 2 is 2.05 bits per heavy atom. The molecule has 108 valence electrons. The van der Waals surface area contributed by atoms with Gasteiger partial charge in [0.2, 0.25) is 0 Å². The van der Waals surface area contributed by atoms with Gasteiger partial charge in [0.25, 0.3) is 0 Å². The molecule has 0 radical (unpaired) electrons. The minimum absolute atomic E-state index is 0.197. The quantitative estimate of drug-likeness (QED) is 0.888. The lowest BCUT2D eigenvalue weighted by atomic mass is 9.90. The van der Waals surface area contributed by atoms with Gasteiger partial charge in [0.15, 0.2) is 0 Å². The molecule has 2 unspecified atom stereocenters. The Hall–Kier alpha value is -0.870. The number of likely N-dealkylation sites (tertiary alicyclic amines) is 1. The van der Waals surface area contributed by atoms with Crippen LogP contribution in [0.3, 0.4) is 0 Å². The maximum Gasteiger partial charge on any atom is 0.0538 e. The van der Waals surface area contributed by atoms with Crippen molar-refractivity contribution in [2.24, 2.45) is 18.7 Å². The van der Waals surface area contributed by atoms with Gasteiger partial charge in [-0.05, 0) is 38.3 Å². The molecule has 0 amide bonds. The minimum Gasteiger partial charge on any atom is -0.326 e. The van der Waals surface area contributed by atoms with Gasteiger partial charge in [-0.1, -0.05) is 20.3 Å². The van der Waals surface area contributed by atoms with E-state index in [0.29, 0.717) is 6.04 Å². The van der Waals surface area contributed by atoms with Crippen LogP contribution in [0.2, 0.25) is 0 Å². The predicted molar refractivity (Wildman–Crippen MR) is 78.8 cm³/mol. The first-order chi connectivity index (χ1) is 9.15. The molecular weight excluding hydrogens is 236 g/mol. The van der Waals surface area contributed by atoms with Gasteiger partial charge in [-0.3, -0.25) is 9.58 Å². The average molecular weight is 264 g/mol. The van der Waals surface area contributed by atoms with Crippen LogP contribution < -0.4 is 5.73 Å². The zero-order valence-corrected chi connectivity index (χ0v) is 12.5. The molecule has 1 fully saturated rings. The Kier molecular flexibility index (Phi) is 4.99. The molecule has 1 aliphatic rings. The highest BCUT2D eigenvalue weighted by Gasteiger charge is 2.29. The number of nitrogens with zero attached hydrogens (tertiary/aromatic N) is 3. The van der Waals surface area contributed by atoms with E-state index < -0.39 is 0 Å². The number of aromatic nitrogens is 2. The topological polar surface area (TPSA) is 47.1 Å². The van der Waals surface area contributed by atoms with E-state index in [1.165, 1.54) is 37.9 Å². The molecule has 0 spiro atoms. The molecule has 2 rings (SSSR count). The van der Waals surface area contributed by atoms with Crippen LogP contribution in [0.5, 0.6) is 0 Å². The number of rotatable bonds is 5. The molecule has 0 aromatic carbocycles. The molecule has 2 heterocycles. The molecule has 19 heavy (non-hydrogen) atoms. The summed E-state index contributed by atoms with van der Waals surface area (Å²) in [7, 11) is 1.97. The third kappa shape index (κ3) is 3.37. The SMILES string of the molecule is CCC1CCN(C(c2cnn(C)c2)C(N)CC)CC1. The van der Waals surface area contributed by atoms with Gasteiger partial charge < -0.3 is 5.73 Å². The standard InChI is InChI=1S/C15H28N4/c1-4-12-6-8-19(9-7-12)15(14(16)5-2)13-10-17-18(3)11-13/h10-12,14-15H,4-9,16H2,1-3H3. The fourth-order valence-electron chi connectivity index (χ4n) is 3.18. The highest BCUT2D eigenvalue weighted by Crippen LogP contribution is 2.30. The van der Waals surface area contributed by atoms with Gasteiger partial charge in [-0.25, -0.2) is 0 Å². The third-order valence-corrected chi connectivity index (χ3v) is 4.56. The fourth-order valence-corrected chi connectivity index (χ4v) is 3.18. The summed E-state index contributed by atoms with van der Waals surface area (Å²) in [5.74, 6) is 0.906. The van der Waals surface area contributed by atoms with Crippen molar-refractivity contribution in [3.8, 4) is 0 Å². The molecule has 2 atom stereocenters. The average Bonchev–Trinajstić information content (AvgIpc) is 2.86. The van der Waals surface area contributed by atoms with E-state index in [0.717, 1.165) is 12.3 Å². The molecule has 1 aromatic rings. The second-order valence-electron chi connectivity index (χ2n) is 5.85. The first-order valence-corrected chi connectivity index (χ1v) is 7.63. The smallest absolute Gasteiger partial charge is 0.0538 e. The number of nitrogens with two attached hydrogens (primary N) is 1. The summed E-state index contributed by atoms with van der Waals surface area (Å²) in [6.45, 7) is 6.82. The van der Waals surface area contributed by atoms with Crippen LogP contribution in [0, 0.1) is 5.92 Å². The Morgan fingerprint density at radius 3 is 2.53 bits per heavy atom. The molecule has 1 aromatic heterocycles. The van der Waals surface area contributed by atoms with Gasteiger partial charge in [0.1, 0.15) is 0 Å². The molecule has 1 aliphatic heterocycles. The minimum atomic E-state index is 0.197. The van der Waals surface area contributed by atoms with Crippen molar-refractivity contribution in [3.05, 3.63) is 18.0 Å². The summed E-state index contributed by atoms with van der Waals surface area (Å²) >= 11 is 0. The van der Waals surface area contributed by atoms with Gasteiger partial charge in [0.05, 0.1) is 12.2 Å². The van der Waals surface area contributed by atoms with Crippen molar-refractivity contribution in [3.63, 3.8) is 0 Å². The number of hydrogen-bond acceptors (Lipinski definition) is 3. The van der Waals surface area contributed by atoms with E-state index in [4.69, 9.17) is 5.73 Å². The summed E-state index contributed by atoms with van der Waals surface area (Å²) < 4.78 is 1.88. The molecule has 1 saturated heterocycles. The van der Waals surface area contributed by atoms with E-state index >= 15 is 0 Å². The normalized spacial score (nSPS) is 21.5. The molecule has 4 heteroatoms. The van der Waals surface area contributed by atoms with Gasteiger partial charge in [-0.2, -0.15) is 5.10 Å². The van der Waals surface area contributed by atoms with Crippen LogP contribution in [0.25, 0.3) is 0 Å². The number of piperidine rings is 1. The highest BCUT2D eigenvalue weighted by atomic mass is 15.3. The van der Waals surface area contributed by atoms with Crippen LogP contribution in [0.4, 0.5) is 0 Å². The highest BCUT2D eigenvalue weighted by molar-refractivity contribution is 5.13. The lowest BCUT2D eigenvalue weighted by Gasteiger charge is -2.39. The van der Waals surface area contributed by atoms with Crippen molar-refractivity contribution in [2.45, 2.75) is 51.6 Å². The molecule has 2 N–H and O–H groups in total. The third-order valence-electron chi connectivity index (χ3n) is 4.56. The van der Waals surface area contributed by atoms with Crippen molar-refractivity contribution in [1.82, 2.24) is 14.7 Å². The summed E-state index contributed by atoms with van der Waals surface area (Å²) in [5.41, 5.74) is 7.65. The molecule has 0 bridgehead atoms. The predicted octanol–water partition coefficient (Wildman–Crippen LogP) is 2.32. The summed E-state index contributed by atoms with van der Waals surface area (Å²) in [5, 5.41) is 4.31. The number of aryl methyl sites for hydroxylation is 1. The molecule has 0 aliphatic carbocycles. The van der Waals surface area contributed by atoms with Crippen LogP contribution in [0.15, 0.2) is 12.4 Å². The van der Waals surface area contributed by atoms with E-state index in [2.05, 4.69) is 30.0 Å². The van der Waals surface area contributed by atoms with Gasteiger partial charge in [-0.15, -0.1) is 0 Å². The maximum atomic E-state index is 6.38. The number of hydrogen-bond donors (Lipinski definition) is 1. The van der Waals surface area contributed by atoms with E-state index in [1.54, 1.807) is 0 Å².